The molecule has 4 nitrogen and oxygen atoms in total. The highest BCUT2D eigenvalue weighted by Crippen LogP contribution is 2.38. The van der Waals surface area contributed by atoms with E-state index in [-0.39, 0.29) is 12.2 Å². The highest BCUT2D eigenvalue weighted by atomic mass is 19.4. The van der Waals surface area contributed by atoms with Crippen LogP contribution in [0, 0.1) is 12.7 Å². The van der Waals surface area contributed by atoms with Gasteiger partial charge < -0.3 is 10.4 Å². The summed E-state index contributed by atoms with van der Waals surface area (Å²) in [4.78, 5) is 13.4. The van der Waals surface area contributed by atoms with Crippen molar-refractivity contribution < 1.29 is 27.5 Å². The molecule has 2 N–H and O–H groups in total. The van der Waals surface area contributed by atoms with E-state index in [0.717, 1.165) is 6.07 Å². The Hall–Kier alpha value is -1.67. The molecular weight excluding hydrogens is 316 g/mol. The third-order valence-corrected chi connectivity index (χ3v) is 4.17. The van der Waals surface area contributed by atoms with Crippen LogP contribution in [0.2, 0.25) is 0 Å². The van der Waals surface area contributed by atoms with Gasteiger partial charge in [-0.1, -0.05) is 6.07 Å². The van der Waals surface area contributed by atoms with Crippen LogP contribution in [0.4, 0.5) is 23.2 Å². The van der Waals surface area contributed by atoms with E-state index < -0.39 is 42.5 Å². The fourth-order valence-electron chi connectivity index (χ4n) is 2.47. The normalized spacial score (nSPS) is 23.8. The maximum atomic E-state index is 13.4. The molecule has 23 heavy (non-hydrogen) atoms. The molecule has 0 saturated carbocycles. The minimum absolute atomic E-state index is 0.0488. The lowest BCUT2D eigenvalue weighted by molar-refractivity contribution is -0.254. The maximum Gasteiger partial charge on any atom is 0.418 e. The average molecular weight is 334 g/mol. The maximum absolute atomic E-state index is 13.4. The molecule has 1 aromatic carbocycles. The zero-order valence-electron chi connectivity index (χ0n) is 12.7. The number of likely N-dealkylation sites (tertiary alicyclic amines) is 1. The highest BCUT2D eigenvalue weighted by Gasteiger charge is 2.57. The second kappa shape index (κ2) is 6.09. The largest absolute Gasteiger partial charge is 0.418 e. The average Bonchev–Trinajstić information content (AvgIpc) is 2.85. The van der Waals surface area contributed by atoms with E-state index in [4.69, 9.17) is 0 Å². The monoisotopic (exact) mass is 334 g/mol. The minimum Gasteiger partial charge on any atom is -0.379 e. The lowest BCUT2D eigenvalue weighted by Crippen LogP contribution is -2.49. The highest BCUT2D eigenvalue weighted by molar-refractivity contribution is 5.94. The summed E-state index contributed by atoms with van der Waals surface area (Å²) in [6.45, 7) is 2.31. The van der Waals surface area contributed by atoms with Crippen molar-refractivity contribution in [2.75, 3.05) is 18.4 Å². The van der Waals surface area contributed by atoms with Crippen molar-refractivity contribution in [1.29, 1.82) is 0 Å². The second-order valence-corrected chi connectivity index (χ2v) is 5.88. The van der Waals surface area contributed by atoms with Crippen LogP contribution in [-0.2, 0) is 4.79 Å². The number of β-amino-alcohol motifs (C(OH)–C–C–N with tert-alkyl or cyclic N) is 1. The van der Waals surface area contributed by atoms with Gasteiger partial charge in [-0.15, -0.1) is 0 Å². The number of rotatable bonds is 3. The van der Waals surface area contributed by atoms with Gasteiger partial charge in [0.1, 0.15) is 5.82 Å². The predicted molar refractivity (Wildman–Crippen MR) is 76.4 cm³/mol. The Morgan fingerprint density at radius 1 is 1.43 bits per heavy atom. The van der Waals surface area contributed by atoms with Crippen molar-refractivity contribution in [3.8, 4) is 0 Å². The van der Waals surface area contributed by atoms with Gasteiger partial charge >= 0.3 is 6.18 Å². The number of halogens is 4. The molecule has 1 saturated heterocycles. The topological polar surface area (TPSA) is 52.6 Å². The summed E-state index contributed by atoms with van der Waals surface area (Å²) in [5.41, 5.74) is -2.14. The van der Waals surface area contributed by atoms with Crippen molar-refractivity contribution in [3.05, 3.63) is 29.6 Å². The van der Waals surface area contributed by atoms with Gasteiger partial charge in [0.25, 0.3) is 0 Å². The predicted octanol–water partition coefficient (Wildman–Crippen LogP) is 2.46. The van der Waals surface area contributed by atoms with E-state index in [1.54, 1.807) is 6.92 Å². The second-order valence-electron chi connectivity index (χ2n) is 5.88. The fourth-order valence-corrected chi connectivity index (χ4v) is 2.47. The number of amides is 1. The molecule has 0 spiro atoms. The third kappa shape index (κ3) is 3.64. The molecular formula is C15H18F4N2O2. The number of nitrogens with zero attached hydrogens (tertiary/aromatic N) is 1. The molecule has 1 aliphatic heterocycles. The Morgan fingerprint density at radius 3 is 2.61 bits per heavy atom. The van der Waals surface area contributed by atoms with Crippen LogP contribution in [0.1, 0.15) is 18.9 Å². The molecule has 2 rings (SSSR count). The summed E-state index contributed by atoms with van der Waals surface area (Å²) in [6.07, 6.45) is -5.22. The number of hydrogen-bond donors (Lipinski definition) is 2. The molecule has 8 heteroatoms. The van der Waals surface area contributed by atoms with Gasteiger partial charge in [-0.3, -0.25) is 9.69 Å². The summed E-state index contributed by atoms with van der Waals surface area (Å²) in [6, 6.07) is 3.28. The number of hydrogen-bond acceptors (Lipinski definition) is 3. The molecule has 1 fully saturated rings. The Bertz CT molecular complexity index is 606. The van der Waals surface area contributed by atoms with Crippen LogP contribution in [0.25, 0.3) is 0 Å². The number of carbonyl (C=O) groups excluding carboxylic acids is 1. The minimum atomic E-state index is -4.74. The molecule has 0 aliphatic carbocycles. The van der Waals surface area contributed by atoms with Crippen LogP contribution >= 0.6 is 0 Å². The first-order valence-corrected chi connectivity index (χ1v) is 7.14. The number of carbonyl (C=O) groups is 1. The van der Waals surface area contributed by atoms with E-state index in [2.05, 4.69) is 5.32 Å². The van der Waals surface area contributed by atoms with Crippen LogP contribution in [0.5, 0.6) is 0 Å². The van der Waals surface area contributed by atoms with Crippen LogP contribution in [0.3, 0.4) is 0 Å². The van der Waals surface area contributed by atoms with E-state index >= 15 is 0 Å². The molecule has 2 atom stereocenters. The fraction of sp³-hybridized carbons (Fsp3) is 0.533. The number of benzene rings is 1. The first-order valence-electron chi connectivity index (χ1n) is 7.14. The van der Waals surface area contributed by atoms with Crippen molar-refractivity contribution in [3.63, 3.8) is 0 Å². The summed E-state index contributed by atoms with van der Waals surface area (Å²) >= 11 is 0. The lowest BCUT2D eigenvalue weighted by atomic mass is 10.0. The molecule has 0 aromatic heterocycles. The quantitative estimate of drug-likeness (QED) is 0.835. The number of alkyl halides is 3. The van der Waals surface area contributed by atoms with Crippen molar-refractivity contribution in [1.82, 2.24) is 4.90 Å². The summed E-state index contributed by atoms with van der Waals surface area (Å²) < 4.78 is 51.8. The number of aryl methyl sites for hydroxylation is 1. The first-order chi connectivity index (χ1) is 10.5. The van der Waals surface area contributed by atoms with Gasteiger partial charge in [-0.05, 0) is 38.0 Å². The number of aliphatic hydroxyl groups is 1. The zero-order chi connectivity index (χ0) is 17.4. The smallest absolute Gasteiger partial charge is 0.379 e. The van der Waals surface area contributed by atoms with Crippen molar-refractivity contribution >= 4 is 11.6 Å². The Kier molecular flexibility index (Phi) is 4.68. The molecule has 1 aromatic rings. The summed E-state index contributed by atoms with van der Waals surface area (Å²) in [7, 11) is 0. The van der Waals surface area contributed by atoms with Gasteiger partial charge in [0.05, 0.1) is 6.04 Å². The standard InChI is InChI=1S/C15H18F4N2O2/c1-9-3-4-11(7-12(9)16)20-13(22)10(2)21-6-5-14(23,8-21)15(17,18)19/h3-4,7,10,23H,5-6,8H2,1-2H3,(H,20,22)/t10-,14+/m0/s1. The van der Waals surface area contributed by atoms with Gasteiger partial charge in [0, 0.05) is 18.8 Å². The van der Waals surface area contributed by atoms with Crippen LogP contribution in [-0.4, -0.2) is 46.8 Å². The van der Waals surface area contributed by atoms with Gasteiger partial charge in [0.2, 0.25) is 5.91 Å². The Balaban J connectivity index is 2.02. The Morgan fingerprint density at radius 2 is 2.09 bits per heavy atom. The zero-order valence-corrected chi connectivity index (χ0v) is 12.7. The van der Waals surface area contributed by atoms with E-state index in [1.165, 1.54) is 24.0 Å². The SMILES string of the molecule is Cc1ccc(NC(=O)[C@H](C)N2CC[C@](O)(C(F)(F)F)C2)cc1F. The van der Waals surface area contributed by atoms with Gasteiger partial charge in [0.15, 0.2) is 5.60 Å². The van der Waals surface area contributed by atoms with E-state index in [1.807, 2.05) is 0 Å². The number of anilines is 1. The first kappa shape index (κ1) is 17.7. The summed E-state index contributed by atoms with van der Waals surface area (Å²) in [5, 5.41) is 12.1. The van der Waals surface area contributed by atoms with Gasteiger partial charge in [-0.25, -0.2) is 4.39 Å². The van der Waals surface area contributed by atoms with E-state index in [9.17, 15) is 27.5 Å². The molecule has 1 amide bonds. The van der Waals surface area contributed by atoms with Crippen molar-refractivity contribution in [2.24, 2.45) is 0 Å². The molecule has 0 radical (unpaired) electrons. The molecule has 0 unspecified atom stereocenters. The molecule has 1 heterocycles. The van der Waals surface area contributed by atoms with Crippen LogP contribution in [0.15, 0.2) is 18.2 Å². The number of nitrogens with one attached hydrogen (secondary N) is 1. The van der Waals surface area contributed by atoms with Crippen molar-refractivity contribution in [2.45, 2.75) is 38.1 Å². The van der Waals surface area contributed by atoms with E-state index in [0.29, 0.717) is 5.56 Å². The Labute approximate surface area is 131 Å². The molecule has 1 aliphatic rings. The summed E-state index contributed by atoms with van der Waals surface area (Å²) in [5.74, 6) is -1.04. The van der Waals surface area contributed by atoms with Crippen LogP contribution < -0.4 is 5.32 Å². The molecule has 128 valence electrons. The van der Waals surface area contributed by atoms with Gasteiger partial charge in [-0.2, -0.15) is 13.2 Å². The molecule has 0 bridgehead atoms. The lowest BCUT2D eigenvalue weighted by Gasteiger charge is -2.28. The third-order valence-electron chi connectivity index (χ3n) is 4.17.